The average Bonchev–Trinajstić information content (AvgIpc) is 2.19. The lowest BCUT2D eigenvalue weighted by molar-refractivity contribution is -0.155. The minimum atomic E-state index is -0.615. The second-order valence-electron chi connectivity index (χ2n) is 5.49. The van der Waals surface area contributed by atoms with Crippen molar-refractivity contribution in [2.24, 2.45) is 0 Å². The summed E-state index contributed by atoms with van der Waals surface area (Å²) in [5, 5.41) is 0. The number of nitrogens with zero attached hydrogens (tertiary/aromatic N) is 1. The SMILES string of the molecule is CN(CC(=O)OC(C)(C)C)Cc1ccc(F)cc1F. The van der Waals surface area contributed by atoms with Gasteiger partial charge in [-0.15, -0.1) is 0 Å². The molecule has 106 valence electrons. The molecule has 0 heterocycles. The molecule has 0 aliphatic heterocycles. The minimum absolute atomic E-state index is 0.0497. The Hall–Kier alpha value is -1.49. The molecule has 0 bridgehead atoms. The number of hydrogen-bond acceptors (Lipinski definition) is 3. The number of benzene rings is 1. The Morgan fingerprint density at radius 2 is 1.95 bits per heavy atom. The molecular formula is C14H19F2NO2. The molecule has 1 rings (SSSR count). The van der Waals surface area contributed by atoms with Crippen molar-refractivity contribution in [3.8, 4) is 0 Å². The molecule has 0 aromatic heterocycles. The second-order valence-corrected chi connectivity index (χ2v) is 5.49. The number of ether oxygens (including phenoxy) is 1. The van der Waals surface area contributed by atoms with Crippen molar-refractivity contribution in [2.75, 3.05) is 13.6 Å². The van der Waals surface area contributed by atoms with Gasteiger partial charge in [0.05, 0.1) is 6.54 Å². The van der Waals surface area contributed by atoms with Crippen molar-refractivity contribution >= 4 is 5.97 Å². The van der Waals surface area contributed by atoms with Crippen LogP contribution in [0, 0.1) is 11.6 Å². The van der Waals surface area contributed by atoms with Crippen molar-refractivity contribution in [2.45, 2.75) is 32.9 Å². The third kappa shape index (κ3) is 5.79. The van der Waals surface area contributed by atoms with Crippen LogP contribution in [0.15, 0.2) is 18.2 Å². The van der Waals surface area contributed by atoms with Gasteiger partial charge in [-0.3, -0.25) is 9.69 Å². The van der Waals surface area contributed by atoms with E-state index in [1.807, 2.05) is 0 Å². The van der Waals surface area contributed by atoms with Gasteiger partial charge in [-0.05, 0) is 33.9 Å². The molecule has 3 nitrogen and oxygen atoms in total. The number of carbonyl (C=O) groups excluding carboxylic acids is 1. The van der Waals surface area contributed by atoms with E-state index in [0.29, 0.717) is 5.56 Å². The van der Waals surface area contributed by atoms with Crippen LogP contribution in [0.1, 0.15) is 26.3 Å². The van der Waals surface area contributed by atoms with E-state index in [2.05, 4.69) is 0 Å². The molecule has 0 aliphatic carbocycles. The quantitative estimate of drug-likeness (QED) is 0.789. The van der Waals surface area contributed by atoms with Gasteiger partial charge in [0.15, 0.2) is 0 Å². The van der Waals surface area contributed by atoms with Gasteiger partial charge in [-0.1, -0.05) is 6.07 Å². The van der Waals surface area contributed by atoms with E-state index in [-0.39, 0.29) is 19.1 Å². The van der Waals surface area contributed by atoms with Gasteiger partial charge in [0.25, 0.3) is 0 Å². The molecule has 5 heteroatoms. The van der Waals surface area contributed by atoms with Gasteiger partial charge in [0.2, 0.25) is 0 Å². The van der Waals surface area contributed by atoms with E-state index in [4.69, 9.17) is 4.74 Å². The average molecular weight is 271 g/mol. The first-order valence-electron chi connectivity index (χ1n) is 6.02. The van der Waals surface area contributed by atoms with Crippen LogP contribution < -0.4 is 0 Å². The van der Waals surface area contributed by atoms with Crippen molar-refractivity contribution in [3.63, 3.8) is 0 Å². The normalized spacial score (nSPS) is 11.7. The highest BCUT2D eigenvalue weighted by Crippen LogP contribution is 2.12. The topological polar surface area (TPSA) is 29.5 Å². The van der Waals surface area contributed by atoms with E-state index in [9.17, 15) is 13.6 Å². The predicted molar refractivity (Wildman–Crippen MR) is 68.5 cm³/mol. The molecule has 0 unspecified atom stereocenters. The predicted octanol–water partition coefficient (Wildman–Crippen LogP) is 2.74. The zero-order valence-electron chi connectivity index (χ0n) is 11.7. The molecule has 0 N–H and O–H groups in total. The van der Waals surface area contributed by atoms with Crippen molar-refractivity contribution in [3.05, 3.63) is 35.4 Å². The molecule has 1 aromatic rings. The summed E-state index contributed by atoms with van der Waals surface area (Å²) in [7, 11) is 1.67. The van der Waals surface area contributed by atoms with Gasteiger partial charge in [-0.2, -0.15) is 0 Å². The maximum Gasteiger partial charge on any atom is 0.320 e. The van der Waals surface area contributed by atoms with Crippen LogP contribution in [0.2, 0.25) is 0 Å². The Balaban J connectivity index is 2.55. The first-order chi connectivity index (χ1) is 8.67. The minimum Gasteiger partial charge on any atom is -0.459 e. The van der Waals surface area contributed by atoms with Gasteiger partial charge in [-0.25, -0.2) is 8.78 Å². The van der Waals surface area contributed by atoms with Crippen LogP contribution in [0.3, 0.4) is 0 Å². The molecule has 0 aliphatic rings. The van der Waals surface area contributed by atoms with Crippen LogP contribution in [-0.4, -0.2) is 30.1 Å². The summed E-state index contributed by atoms with van der Waals surface area (Å²) >= 11 is 0. The maximum absolute atomic E-state index is 13.4. The standard InChI is InChI=1S/C14H19F2NO2/c1-14(2,3)19-13(18)9-17(4)8-10-5-6-11(15)7-12(10)16/h5-7H,8-9H2,1-4H3. The highest BCUT2D eigenvalue weighted by Gasteiger charge is 2.18. The summed E-state index contributed by atoms with van der Waals surface area (Å²) < 4.78 is 31.4. The van der Waals surface area contributed by atoms with E-state index >= 15 is 0 Å². The summed E-state index contributed by atoms with van der Waals surface area (Å²) in [5.74, 6) is -1.61. The number of esters is 1. The van der Waals surface area contributed by atoms with Crippen LogP contribution in [0.4, 0.5) is 8.78 Å². The van der Waals surface area contributed by atoms with Gasteiger partial charge in [0.1, 0.15) is 17.2 Å². The van der Waals surface area contributed by atoms with Crippen LogP contribution in [0.5, 0.6) is 0 Å². The molecule has 1 aromatic carbocycles. The fourth-order valence-corrected chi connectivity index (χ4v) is 1.59. The van der Waals surface area contributed by atoms with E-state index in [0.717, 1.165) is 6.07 Å². The lowest BCUT2D eigenvalue weighted by Crippen LogP contribution is -2.32. The van der Waals surface area contributed by atoms with Gasteiger partial charge in [0, 0.05) is 18.2 Å². The summed E-state index contributed by atoms with van der Waals surface area (Å²) in [4.78, 5) is 13.2. The van der Waals surface area contributed by atoms with Crippen LogP contribution in [-0.2, 0) is 16.1 Å². The number of carbonyl (C=O) groups is 1. The Morgan fingerprint density at radius 1 is 1.32 bits per heavy atom. The first-order valence-corrected chi connectivity index (χ1v) is 6.02. The molecule has 0 radical (unpaired) electrons. The van der Waals surface area contributed by atoms with Crippen molar-refractivity contribution in [1.29, 1.82) is 0 Å². The third-order valence-corrected chi connectivity index (χ3v) is 2.27. The lowest BCUT2D eigenvalue weighted by atomic mass is 10.2. The molecule has 0 atom stereocenters. The first kappa shape index (κ1) is 15.6. The zero-order valence-corrected chi connectivity index (χ0v) is 11.7. The molecule has 0 saturated carbocycles. The largest absolute Gasteiger partial charge is 0.459 e. The number of halogens is 2. The van der Waals surface area contributed by atoms with Crippen molar-refractivity contribution in [1.82, 2.24) is 4.90 Å². The zero-order chi connectivity index (χ0) is 14.6. The Bertz CT molecular complexity index is 455. The lowest BCUT2D eigenvalue weighted by Gasteiger charge is -2.22. The maximum atomic E-state index is 13.4. The summed E-state index contributed by atoms with van der Waals surface area (Å²) in [6.07, 6.45) is 0. The summed E-state index contributed by atoms with van der Waals surface area (Å²) in [6, 6.07) is 3.40. The molecule has 0 saturated heterocycles. The fraction of sp³-hybridized carbons (Fsp3) is 0.500. The van der Waals surface area contributed by atoms with Gasteiger partial charge < -0.3 is 4.74 Å². The van der Waals surface area contributed by atoms with Crippen molar-refractivity contribution < 1.29 is 18.3 Å². The Kier molecular flexibility index (Phi) is 5.00. The van der Waals surface area contributed by atoms with Gasteiger partial charge >= 0.3 is 5.97 Å². The molecule has 0 spiro atoms. The number of hydrogen-bond donors (Lipinski definition) is 0. The number of likely N-dealkylation sites (N-methyl/N-ethyl adjacent to an activating group) is 1. The Morgan fingerprint density at radius 3 is 2.47 bits per heavy atom. The monoisotopic (exact) mass is 271 g/mol. The molecule has 19 heavy (non-hydrogen) atoms. The smallest absolute Gasteiger partial charge is 0.320 e. The Labute approximate surface area is 112 Å². The van der Waals surface area contributed by atoms with E-state index < -0.39 is 17.2 Å². The summed E-state index contributed by atoms with van der Waals surface area (Å²) in [5.41, 5.74) is -0.202. The molecule has 0 amide bonds. The van der Waals surface area contributed by atoms with E-state index in [1.165, 1.54) is 12.1 Å². The number of rotatable bonds is 4. The fourth-order valence-electron chi connectivity index (χ4n) is 1.59. The highest BCUT2D eigenvalue weighted by molar-refractivity contribution is 5.72. The van der Waals surface area contributed by atoms with E-state index in [1.54, 1.807) is 32.7 Å². The molecule has 0 fully saturated rings. The van der Waals surface area contributed by atoms with Crippen LogP contribution >= 0.6 is 0 Å². The second kappa shape index (κ2) is 6.10. The highest BCUT2D eigenvalue weighted by atomic mass is 19.1. The van der Waals surface area contributed by atoms with Crippen LogP contribution in [0.25, 0.3) is 0 Å². The molecular weight excluding hydrogens is 252 g/mol. The summed E-state index contributed by atoms with van der Waals surface area (Å²) in [6.45, 7) is 5.61. The third-order valence-electron chi connectivity index (χ3n) is 2.27.